The first-order chi connectivity index (χ1) is 13.7. The van der Waals surface area contributed by atoms with E-state index in [0.717, 1.165) is 28.8 Å². The molecule has 4 aromatic rings. The van der Waals surface area contributed by atoms with E-state index in [9.17, 15) is 4.79 Å². The van der Waals surface area contributed by atoms with Crippen molar-refractivity contribution in [3.05, 3.63) is 84.1 Å². The van der Waals surface area contributed by atoms with Crippen LogP contribution in [-0.2, 0) is 19.7 Å². The highest BCUT2D eigenvalue weighted by Crippen LogP contribution is 2.21. The number of furan rings is 1. The normalized spacial score (nSPS) is 10.9. The van der Waals surface area contributed by atoms with Gasteiger partial charge < -0.3 is 14.5 Å². The van der Waals surface area contributed by atoms with Gasteiger partial charge in [-0.3, -0.25) is 9.48 Å². The lowest BCUT2D eigenvalue weighted by atomic mass is 10.1. The fourth-order valence-electron chi connectivity index (χ4n) is 3.04. The molecule has 2 aromatic carbocycles. The molecule has 0 radical (unpaired) electrons. The Morgan fingerprint density at radius 3 is 2.82 bits per heavy atom. The van der Waals surface area contributed by atoms with Crippen LogP contribution in [-0.4, -0.2) is 15.7 Å². The molecule has 6 heteroatoms. The van der Waals surface area contributed by atoms with Gasteiger partial charge in [-0.25, -0.2) is 0 Å². The quantitative estimate of drug-likeness (QED) is 0.527. The van der Waals surface area contributed by atoms with Crippen LogP contribution in [0, 0.1) is 0 Å². The van der Waals surface area contributed by atoms with E-state index in [1.54, 1.807) is 18.3 Å². The average molecular weight is 375 g/mol. The Bertz CT molecular complexity index is 1100. The Morgan fingerprint density at radius 2 is 1.96 bits per heavy atom. The second-order valence-corrected chi connectivity index (χ2v) is 6.38. The van der Waals surface area contributed by atoms with Crippen LogP contribution in [0.3, 0.4) is 0 Å². The van der Waals surface area contributed by atoms with Crippen molar-refractivity contribution in [1.82, 2.24) is 15.1 Å². The molecule has 0 saturated carbocycles. The van der Waals surface area contributed by atoms with E-state index >= 15 is 0 Å². The highest BCUT2D eigenvalue weighted by molar-refractivity contribution is 5.91. The lowest BCUT2D eigenvalue weighted by Crippen LogP contribution is -2.23. The number of aryl methyl sites for hydroxylation is 1. The molecule has 0 atom stereocenters. The van der Waals surface area contributed by atoms with E-state index in [1.807, 2.05) is 54.1 Å². The molecule has 0 fully saturated rings. The van der Waals surface area contributed by atoms with Crippen molar-refractivity contribution >= 4 is 16.7 Å². The lowest BCUT2D eigenvalue weighted by molar-refractivity contribution is 0.0918. The molecule has 0 saturated heterocycles. The number of hydrogen-bond donors (Lipinski definition) is 1. The van der Waals surface area contributed by atoms with Crippen LogP contribution in [0.25, 0.3) is 10.8 Å². The lowest BCUT2D eigenvalue weighted by Gasteiger charge is -2.06. The number of rotatable bonds is 7. The number of nitrogens with one attached hydrogen (secondary N) is 1. The number of ether oxygens (including phenoxy) is 1. The fourth-order valence-corrected chi connectivity index (χ4v) is 3.04. The average Bonchev–Trinajstić information content (AvgIpc) is 3.39. The maximum atomic E-state index is 12.3. The zero-order chi connectivity index (χ0) is 19.3. The van der Waals surface area contributed by atoms with Gasteiger partial charge in [0.05, 0.1) is 12.2 Å². The molecular weight excluding hydrogens is 354 g/mol. The second kappa shape index (κ2) is 8.00. The summed E-state index contributed by atoms with van der Waals surface area (Å²) in [5.74, 6) is 1.35. The number of carbonyl (C=O) groups excluding carboxylic acids is 1. The molecule has 0 bridgehead atoms. The molecule has 0 aliphatic rings. The smallest absolute Gasteiger partial charge is 0.287 e. The summed E-state index contributed by atoms with van der Waals surface area (Å²) in [4.78, 5) is 12.3. The summed E-state index contributed by atoms with van der Waals surface area (Å²) < 4.78 is 13.3. The summed E-state index contributed by atoms with van der Waals surface area (Å²) in [6.45, 7) is 3.42. The summed E-state index contributed by atoms with van der Waals surface area (Å²) in [7, 11) is 0. The maximum Gasteiger partial charge on any atom is 0.287 e. The number of benzene rings is 2. The van der Waals surface area contributed by atoms with Crippen molar-refractivity contribution < 1.29 is 13.9 Å². The number of carbonyl (C=O) groups is 1. The molecular formula is C22H21N3O3. The number of amides is 1. The van der Waals surface area contributed by atoms with Crippen LogP contribution >= 0.6 is 0 Å². The van der Waals surface area contributed by atoms with Gasteiger partial charge in [-0.05, 0) is 48.0 Å². The number of fused-ring (bicyclic) bond motifs is 1. The topological polar surface area (TPSA) is 69.3 Å². The van der Waals surface area contributed by atoms with Crippen LogP contribution in [0.5, 0.6) is 5.75 Å². The van der Waals surface area contributed by atoms with Crippen LogP contribution in [0.2, 0.25) is 0 Å². The van der Waals surface area contributed by atoms with E-state index in [0.29, 0.717) is 12.3 Å². The molecule has 0 unspecified atom stereocenters. The van der Waals surface area contributed by atoms with Gasteiger partial charge in [0.15, 0.2) is 5.76 Å². The van der Waals surface area contributed by atoms with Gasteiger partial charge in [0.2, 0.25) is 0 Å². The summed E-state index contributed by atoms with van der Waals surface area (Å²) in [6, 6.07) is 19.3. The minimum Gasteiger partial charge on any atom is -0.486 e. The molecule has 4 rings (SSSR count). The summed E-state index contributed by atoms with van der Waals surface area (Å²) in [5, 5.41) is 9.32. The largest absolute Gasteiger partial charge is 0.486 e. The van der Waals surface area contributed by atoms with Crippen molar-refractivity contribution in [3.63, 3.8) is 0 Å². The van der Waals surface area contributed by atoms with Crippen molar-refractivity contribution in [2.75, 3.05) is 0 Å². The van der Waals surface area contributed by atoms with E-state index in [1.165, 1.54) is 0 Å². The molecule has 0 spiro atoms. The van der Waals surface area contributed by atoms with Crippen molar-refractivity contribution in [1.29, 1.82) is 0 Å². The van der Waals surface area contributed by atoms with Crippen LogP contribution in [0.4, 0.5) is 0 Å². The molecule has 1 N–H and O–H groups in total. The third-order valence-electron chi connectivity index (χ3n) is 4.52. The third kappa shape index (κ3) is 3.91. The monoisotopic (exact) mass is 375 g/mol. The molecule has 0 aliphatic heterocycles. The first-order valence-electron chi connectivity index (χ1n) is 9.22. The molecule has 2 heterocycles. The van der Waals surface area contributed by atoms with Crippen LogP contribution in [0.15, 0.2) is 71.3 Å². The van der Waals surface area contributed by atoms with Gasteiger partial charge in [0.25, 0.3) is 5.91 Å². The Labute approximate surface area is 162 Å². The number of hydrogen-bond acceptors (Lipinski definition) is 4. The Kier molecular flexibility index (Phi) is 5.10. The standard InChI is InChI=1S/C22H21N3O3/c1-2-25-18(11-12-24-25)14-23-22(26)21-10-9-20(28-21)15-27-19-8-7-16-5-3-4-6-17(16)13-19/h3-13H,2,14-15H2,1H3,(H,23,26). The van der Waals surface area contributed by atoms with Gasteiger partial charge in [-0.15, -0.1) is 0 Å². The minimum absolute atomic E-state index is 0.258. The number of nitrogens with zero attached hydrogens (tertiary/aromatic N) is 2. The fraction of sp³-hybridized carbons (Fsp3) is 0.182. The SMILES string of the molecule is CCn1nccc1CNC(=O)c1ccc(COc2ccc3ccccc3c2)o1. The Morgan fingerprint density at radius 1 is 1.11 bits per heavy atom. The van der Waals surface area contributed by atoms with Gasteiger partial charge in [-0.1, -0.05) is 30.3 Å². The first kappa shape index (κ1) is 17.9. The second-order valence-electron chi connectivity index (χ2n) is 6.38. The van der Waals surface area contributed by atoms with Crippen molar-refractivity contribution in [2.45, 2.75) is 26.6 Å². The van der Waals surface area contributed by atoms with Crippen molar-refractivity contribution in [3.8, 4) is 5.75 Å². The van der Waals surface area contributed by atoms with Crippen molar-refractivity contribution in [2.24, 2.45) is 0 Å². The summed E-state index contributed by atoms with van der Waals surface area (Å²) >= 11 is 0. The highest BCUT2D eigenvalue weighted by atomic mass is 16.5. The Balaban J connectivity index is 1.35. The van der Waals surface area contributed by atoms with E-state index in [2.05, 4.69) is 16.5 Å². The van der Waals surface area contributed by atoms with Crippen LogP contribution in [0.1, 0.15) is 28.9 Å². The summed E-state index contributed by atoms with van der Waals surface area (Å²) in [5.41, 5.74) is 0.947. The minimum atomic E-state index is -0.263. The van der Waals surface area contributed by atoms with Gasteiger partial charge in [0.1, 0.15) is 18.1 Å². The molecule has 28 heavy (non-hydrogen) atoms. The molecule has 142 valence electrons. The van der Waals surface area contributed by atoms with E-state index < -0.39 is 0 Å². The molecule has 2 aromatic heterocycles. The molecule has 0 aliphatic carbocycles. The Hall–Kier alpha value is -3.54. The predicted octanol–water partition coefficient (Wildman–Crippen LogP) is 4.16. The number of aromatic nitrogens is 2. The zero-order valence-corrected chi connectivity index (χ0v) is 15.6. The maximum absolute atomic E-state index is 12.3. The van der Waals surface area contributed by atoms with E-state index in [-0.39, 0.29) is 18.3 Å². The third-order valence-corrected chi connectivity index (χ3v) is 4.52. The highest BCUT2D eigenvalue weighted by Gasteiger charge is 2.12. The van der Waals surface area contributed by atoms with Gasteiger partial charge in [-0.2, -0.15) is 5.10 Å². The van der Waals surface area contributed by atoms with E-state index in [4.69, 9.17) is 9.15 Å². The van der Waals surface area contributed by atoms with Gasteiger partial charge in [0, 0.05) is 12.7 Å². The summed E-state index contributed by atoms with van der Waals surface area (Å²) in [6.07, 6.45) is 1.72. The first-order valence-corrected chi connectivity index (χ1v) is 9.22. The predicted molar refractivity (Wildman–Crippen MR) is 106 cm³/mol. The zero-order valence-electron chi connectivity index (χ0n) is 15.6. The van der Waals surface area contributed by atoms with Crippen LogP contribution < -0.4 is 10.1 Å². The van der Waals surface area contributed by atoms with Gasteiger partial charge >= 0.3 is 0 Å². The molecule has 1 amide bonds. The molecule has 6 nitrogen and oxygen atoms in total.